The Hall–Kier alpha value is -3.30. The number of primary amides is 1. The Bertz CT molecular complexity index is 1790. The largest absolute Gasteiger partial charge is 0.510 e. The molecule has 3 saturated heterocycles. The number of ketones is 1. The van der Waals surface area contributed by atoms with E-state index < -0.39 is 22.8 Å². The molecule has 5 aliphatic carbocycles. The maximum absolute atomic E-state index is 14.9. The number of hydrogen-bond donors (Lipinski definition) is 3. The van der Waals surface area contributed by atoms with Gasteiger partial charge in [-0.2, -0.15) is 0 Å². The zero-order valence-electron chi connectivity index (χ0n) is 33.5. The van der Waals surface area contributed by atoms with Gasteiger partial charge in [0.05, 0.1) is 35.8 Å². The summed E-state index contributed by atoms with van der Waals surface area (Å²) in [6, 6.07) is 3.57. The number of Topliss-reactive ketones (excluding diaryl/α,β-unsaturated/α-hetero) is 1. The molecule has 0 bridgehead atoms. The fraction of sp³-hybridized carbons (Fsp3) is 0.689. The van der Waals surface area contributed by atoms with E-state index in [1.807, 2.05) is 32.9 Å². The second-order valence-corrected chi connectivity index (χ2v) is 18.5. The smallest absolute Gasteiger partial charge is 0.252 e. The van der Waals surface area contributed by atoms with Crippen molar-refractivity contribution in [3.05, 3.63) is 57.6 Å². The minimum atomic E-state index is -0.788. The summed E-state index contributed by atoms with van der Waals surface area (Å²) < 4.78 is 12.5. The molecule has 5 atom stereocenters. The normalized spacial score (nSPS) is 33.2. The van der Waals surface area contributed by atoms with Crippen molar-refractivity contribution in [3.8, 4) is 5.75 Å². The maximum Gasteiger partial charge on any atom is 0.252 e. The highest BCUT2D eigenvalue weighted by Gasteiger charge is 2.76. The molecule has 1 amide bonds. The quantitative estimate of drug-likeness (QED) is 0.270. The monoisotopic (exact) mass is 741 g/mol. The number of phenolic OH excluding ortho intramolecular Hbond substituents is 1. The molecule has 294 valence electrons. The number of rotatable bonds is 6. The number of nitrogens with two attached hydrogens (primary N) is 1. The number of carbonyl (C=O) groups is 2. The second kappa shape index (κ2) is 13.7. The van der Waals surface area contributed by atoms with Crippen LogP contribution in [0.5, 0.6) is 5.75 Å². The standard InChI is InChI=1S/C38H47N3O6.C5H10.C2H6/c1-20(2)8-9-38-25-12-21(3)47-34(38)28-22(13-24-26(40-10-4-5-11-40)6-7-27(42)29(24)31(28)43)14-37(38)17-41(23-15-36(16-23)18-46-19-36)33(37)32(44)30(25)35(39)45;1-5-3-2-4-5;1-2/h6-7,12,20-23,33,42,44H,4-5,8-11,13-19H2,1-3H3,(H2,39,45);5H,2-4H2,1H3;1-2H3/t21?,22?,33?,37-,38+;;/m1../s1. The number of benzene rings is 1. The first-order chi connectivity index (χ1) is 25.9. The molecule has 4 heterocycles. The topological polar surface area (TPSA) is 126 Å². The van der Waals surface area contributed by atoms with Crippen molar-refractivity contribution in [3.63, 3.8) is 0 Å². The molecule has 3 unspecified atom stereocenters. The van der Waals surface area contributed by atoms with Gasteiger partial charge >= 0.3 is 0 Å². The molecule has 4 aliphatic heterocycles. The Morgan fingerprint density at radius 3 is 2.30 bits per heavy atom. The number of carbonyl (C=O) groups excluding carboxylic acids is 2. The summed E-state index contributed by atoms with van der Waals surface area (Å²) in [5, 5.41) is 23.5. The van der Waals surface area contributed by atoms with Gasteiger partial charge in [0.1, 0.15) is 23.4 Å². The van der Waals surface area contributed by atoms with Gasteiger partial charge in [-0.15, -0.1) is 0 Å². The van der Waals surface area contributed by atoms with Crippen LogP contribution in [0.1, 0.15) is 122 Å². The van der Waals surface area contributed by atoms with Crippen LogP contribution in [0.15, 0.2) is 46.4 Å². The maximum atomic E-state index is 14.9. The number of hydrogen-bond acceptors (Lipinski definition) is 8. The number of anilines is 1. The Morgan fingerprint density at radius 2 is 1.72 bits per heavy atom. The summed E-state index contributed by atoms with van der Waals surface area (Å²) >= 11 is 0. The molecule has 54 heavy (non-hydrogen) atoms. The van der Waals surface area contributed by atoms with E-state index in [2.05, 4.69) is 30.6 Å². The number of amides is 1. The predicted molar refractivity (Wildman–Crippen MR) is 210 cm³/mol. The molecule has 2 spiro atoms. The molecule has 1 aromatic carbocycles. The second-order valence-electron chi connectivity index (χ2n) is 18.5. The molecule has 1 aromatic rings. The third kappa shape index (κ3) is 5.37. The number of aromatic hydroxyl groups is 1. The predicted octanol–water partition coefficient (Wildman–Crippen LogP) is 7.77. The Kier molecular flexibility index (Phi) is 9.55. The lowest BCUT2D eigenvalue weighted by molar-refractivity contribution is -0.244. The zero-order valence-corrected chi connectivity index (χ0v) is 33.5. The van der Waals surface area contributed by atoms with Crippen molar-refractivity contribution in [2.75, 3.05) is 37.7 Å². The zero-order chi connectivity index (χ0) is 38.3. The van der Waals surface area contributed by atoms with Crippen LogP contribution in [-0.2, 0) is 20.7 Å². The van der Waals surface area contributed by atoms with Gasteiger partial charge in [-0.05, 0) is 105 Å². The Morgan fingerprint density at radius 1 is 1.04 bits per heavy atom. The van der Waals surface area contributed by atoms with E-state index in [1.165, 1.54) is 19.3 Å². The van der Waals surface area contributed by atoms with Crippen molar-refractivity contribution in [2.24, 2.45) is 39.7 Å². The van der Waals surface area contributed by atoms with E-state index in [9.17, 15) is 19.8 Å². The van der Waals surface area contributed by atoms with Crippen molar-refractivity contribution in [1.29, 1.82) is 0 Å². The minimum absolute atomic E-state index is 0.0150. The summed E-state index contributed by atoms with van der Waals surface area (Å²) in [7, 11) is 0. The van der Waals surface area contributed by atoms with E-state index >= 15 is 0 Å². The van der Waals surface area contributed by atoms with E-state index in [4.69, 9.17) is 15.2 Å². The molecule has 4 N–H and O–H groups in total. The molecule has 5 fully saturated rings. The molecule has 10 rings (SSSR count). The van der Waals surface area contributed by atoms with Crippen LogP contribution in [0.25, 0.3) is 0 Å². The van der Waals surface area contributed by atoms with E-state index in [1.54, 1.807) is 6.07 Å². The highest BCUT2D eigenvalue weighted by molar-refractivity contribution is 6.14. The van der Waals surface area contributed by atoms with E-state index in [0.717, 1.165) is 87.7 Å². The number of allylic oxidation sites excluding steroid dienone is 2. The van der Waals surface area contributed by atoms with E-state index in [-0.39, 0.29) is 40.2 Å². The van der Waals surface area contributed by atoms with Crippen LogP contribution < -0.4 is 10.6 Å². The molecular formula is C45H63N3O6. The highest BCUT2D eigenvalue weighted by atomic mass is 16.5. The molecule has 0 radical (unpaired) electrons. The van der Waals surface area contributed by atoms with Crippen molar-refractivity contribution >= 4 is 17.4 Å². The van der Waals surface area contributed by atoms with Crippen LogP contribution in [0.3, 0.4) is 0 Å². The molecule has 9 nitrogen and oxygen atoms in total. The van der Waals surface area contributed by atoms with Crippen LogP contribution in [0.2, 0.25) is 0 Å². The third-order valence-corrected chi connectivity index (χ3v) is 14.8. The third-order valence-electron chi connectivity index (χ3n) is 14.8. The first-order valence-corrected chi connectivity index (χ1v) is 21.2. The molecule has 9 heteroatoms. The van der Waals surface area contributed by atoms with Crippen LogP contribution in [0, 0.1) is 34.0 Å². The Labute approximate surface area is 322 Å². The SMILES string of the molecule is CC.CC(C)CC[C@]12C3=CC(C)OC1=C1C(=O)c4c(O)ccc(N5CCCC5)c4CC1C[C@]21CN(C2CC4(COC4)C2)C1C(O)=C3C(N)=O.CC1CCC1. The summed E-state index contributed by atoms with van der Waals surface area (Å²) in [4.78, 5) is 33.1. The minimum Gasteiger partial charge on any atom is -0.510 e. The molecule has 2 saturated carbocycles. The average Bonchev–Trinajstić information content (AvgIpc) is 3.60. The van der Waals surface area contributed by atoms with Crippen molar-refractivity contribution in [1.82, 2.24) is 4.90 Å². The van der Waals surface area contributed by atoms with Gasteiger partial charge in [-0.25, -0.2) is 0 Å². The van der Waals surface area contributed by atoms with Gasteiger partial charge in [0.2, 0.25) is 0 Å². The number of phenols is 1. The lowest BCUT2D eigenvalue weighted by atomic mass is 9.39. The van der Waals surface area contributed by atoms with Crippen LogP contribution >= 0.6 is 0 Å². The van der Waals surface area contributed by atoms with E-state index in [0.29, 0.717) is 48.1 Å². The number of nitrogens with zero attached hydrogens (tertiary/aromatic N) is 2. The Balaban J connectivity index is 0.000000541. The van der Waals surface area contributed by atoms with Gasteiger partial charge in [0.15, 0.2) is 5.78 Å². The fourth-order valence-electron chi connectivity index (χ4n) is 11.9. The molecular weight excluding hydrogens is 679 g/mol. The molecule has 0 aromatic heterocycles. The van der Waals surface area contributed by atoms with Gasteiger partial charge in [-0.3, -0.25) is 14.5 Å². The summed E-state index contributed by atoms with van der Waals surface area (Å²) in [5.41, 5.74) is 9.13. The van der Waals surface area contributed by atoms with Gasteiger partial charge in [0, 0.05) is 47.8 Å². The van der Waals surface area contributed by atoms with Gasteiger partial charge < -0.3 is 30.3 Å². The van der Waals surface area contributed by atoms with Crippen molar-refractivity contribution < 1.29 is 29.3 Å². The first-order valence-electron chi connectivity index (χ1n) is 21.2. The highest BCUT2D eigenvalue weighted by Crippen LogP contribution is 2.74. The van der Waals surface area contributed by atoms with Gasteiger partial charge in [-0.1, -0.05) is 53.9 Å². The average molecular weight is 742 g/mol. The van der Waals surface area contributed by atoms with Crippen LogP contribution in [-0.4, -0.2) is 77.8 Å². The number of ether oxygens (including phenoxy) is 2. The number of aliphatic hydroxyl groups is 1. The van der Waals surface area contributed by atoms with Gasteiger partial charge in [0.25, 0.3) is 5.91 Å². The lowest BCUT2D eigenvalue weighted by Gasteiger charge is -2.74. The molecule has 9 aliphatic rings. The number of aliphatic hydroxyl groups excluding tert-OH is 1. The number of fused-ring (bicyclic) bond motifs is 2. The summed E-state index contributed by atoms with van der Waals surface area (Å²) in [5.74, 6) is 1.28. The first kappa shape index (κ1) is 37.6. The fourth-order valence-corrected chi connectivity index (χ4v) is 11.9. The summed E-state index contributed by atoms with van der Waals surface area (Å²) in [6.07, 6.45) is 13.2. The van der Waals surface area contributed by atoms with Crippen molar-refractivity contribution in [2.45, 2.75) is 130 Å². The lowest BCUT2D eigenvalue weighted by Crippen LogP contribution is -2.80. The van der Waals surface area contributed by atoms with Crippen LogP contribution in [0.4, 0.5) is 5.69 Å². The summed E-state index contributed by atoms with van der Waals surface area (Å²) in [6.45, 7) is 16.9. The number of likely N-dealkylation sites (tertiary alicyclic amines) is 1.